The third kappa shape index (κ3) is 1.49. The maximum atomic E-state index is 13.1. The Labute approximate surface area is 100 Å². The van der Waals surface area contributed by atoms with Crippen LogP contribution < -0.4 is 5.56 Å². The Balaban J connectivity index is 2.62. The molecule has 0 spiro atoms. The molecule has 84 valence electrons. The Morgan fingerprint density at radius 1 is 1.24 bits per heavy atom. The Hall–Kier alpha value is -1.94. The Morgan fingerprint density at radius 3 is 2.88 bits per heavy atom. The lowest BCUT2D eigenvalue weighted by molar-refractivity contribution is 0.618. The molecule has 2 heterocycles. The highest BCUT2D eigenvalue weighted by atomic mass is 35.5. The van der Waals surface area contributed by atoms with E-state index in [-0.39, 0.29) is 5.56 Å². The van der Waals surface area contributed by atoms with Gasteiger partial charge in [-0.2, -0.15) is 0 Å². The molecule has 0 unspecified atom stereocenters. The van der Waals surface area contributed by atoms with Crippen LogP contribution in [0, 0.1) is 5.82 Å². The predicted molar refractivity (Wildman–Crippen MR) is 63.9 cm³/mol. The van der Waals surface area contributed by atoms with Crippen LogP contribution in [0.4, 0.5) is 4.39 Å². The van der Waals surface area contributed by atoms with Crippen LogP contribution in [-0.2, 0) is 0 Å². The van der Waals surface area contributed by atoms with Gasteiger partial charge in [-0.1, -0.05) is 17.7 Å². The van der Waals surface area contributed by atoms with E-state index in [9.17, 15) is 9.18 Å². The van der Waals surface area contributed by atoms with Crippen LogP contribution in [-0.4, -0.2) is 9.38 Å². The number of hydrogen-bond acceptors (Lipinski definition) is 2. The van der Waals surface area contributed by atoms with Gasteiger partial charge < -0.3 is 0 Å². The van der Waals surface area contributed by atoms with Crippen molar-refractivity contribution in [1.29, 1.82) is 0 Å². The zero-order chi connectivity index (χ0) is 12.0. The molecular weight excluding hydrogens is 243 g/mol. The minimum Gasteiger partial charge on any atom is -0.268 e. The van der Waals surface area contributed by atoms with Gasteiger partial charge in [0.2, 0.25) is 0 Å². The average molecular weight is 249 g/mol. The van der Waals surface area contributed by atoms with Crippen molar-refractivity contribution in [3.8, 4) is 0 Å². The van der Waals surface area contributed by atoms with E-state index < -0.39 is 5.82 Å². The molecule has 0 radical (unpaired) electrons. The van der Waals surface area contributed by atoms with Crippen LogP contribution >= 0.6 is 11.6 Å². The molecule has 2 aromatic heterocycles. The van der Waals surface area contributed by atoms with E-state index in [1.807, 2.05) is 0 Å². The molecule has 0 bridgehead atoms. The van der Waals surface area contributed by atoms with Crippen molar-refractivity contribution in [2.45, 2.75) is 0 Å². The molecular formula is C12H6ClFN2O. The Bertz CT molecular complexity index is 791. The lowest BCUT2D eigenvalue weighted by Crippen LogP contribution is -2.15. The number of pyridine rings is 1. The molecule has 1 aromatic carbocycles. The van der Waals surface area contributed by atoms with Crippen molar-refractivity contribution in [3.63, 3.8) is 0 Å². The van der Waals surface area contributed by atoms with E-state index in [0.717, 1.165) is 6.20 Å². The molecule has 0 aliphatic heterocycles. The molecule has 0 fully saturated rings. The van der Waals surface area contributed by atoms with Crippen LogP contribution in [0.2, 0.25) is 5.02 Å². The molecule has 0 amide bonds. The first-order valence-electron chi connectivity index (χ1n) is 4.93. The fourth-order valence-corrected chi connectivity index (χ4v) is 1.98. The number of fused-ring (bicyclic) bond motifs is 2. The molecule has 0 aliphatic rings. The molecule has 3 aromatic rings. The molecule has 17 heavy (non-hydrogen) atoms. The van der Waals surface area contributed by atoms with E-state index in [2.05, 4.69) is 4.98 Å². The van der Waals surface area contributed by atoms with Crippen LogP contribution in [0.3, 0.4) is 0 Å². The van der Waals surface area contributed by atoms with E-state index in [4.69, 9.17) is 11.6 Å². The van der Waals surface area contributed by atoms with Crippen molar-refractivity contribution in [1.82, 2.24) is 9.38 Å². The second kappa shape index (κ2) is 3.53. The first-order valence-corrected chi connectivity index (χ1v) is 5.31. The summed E-state index contributed by atoms with van der Waals surface area (Å²) in [7, 11) is 0. The van der Waals surface area contributed by atoms with Crippen LogP contribution in [0.25, 0.3) is 16.6 Å². The lowest BCUT2D eigenvalue weighted by atomic mass is 10.2. The van der Waals surface area contributed by atoms with Crippen molar-refractivity contribution in [2.75, 3.05) is 0 Å². The van der Waals surface area contributed by atoms with Crippen LogP contribution in [0.1, 0.15) is 0 Å². The van der Waals surface area contributed by atoms with Gasteiger partial charge >= 0.3 is 0 Å². The van der Waals surface area contributed by atoms with Gasteiger partial charge in [0.25, 0.3) is 5.56 Å². The number of nitrogens with zero attached hydrogens (tertiary/aromatic N) is 2. The molecule has 0 aliphatic carbocycles. The van der Waals surface area contributed by atoms with Crippen molar-refractivity contribution >= 4 is 28.2 Å². The van der Waals surface area contributed by atoms with Crippen LogP contribution in [0.15, 0.2) is 41.3 Å². The number of rotatable bonds is 0. The van der Waals surface area contributed by atoms with E-state index in [0.29, 0.717) is 21.6 Å². The normalized spacial score (nSPS) is 11.2. The fraction of sp³-hybridized carbons (Fsp3) is 0. The highest BCUT2D eigenvalue weighted by Gasteiger charge is 2.08. The largest absolute Gasteiger partial charge is 0.268 e. The van der Waals surface area contributed by atoms with Gasteiger partial charge in [0, 0.05) is 6.20 Å². The number of benzene rings is 1. The zero-order valence-electron chi connectivity index (χ0n) is 8.52. The second-order valence-electron chi connectivity index (χ2n) is 3.63. The quantitative estimate of drug-likeness (QED) is 0.573. The minimum atomic E-state index is -0.484. The van der Waals surface area contributed by atoms with Gasteiger partial charge in [0.05, 0.1) is 15.9 Å². The highest BCUT2D eigenvalue weighted by molar-refractivity contribution is 6.35. The fourth-order valence-electron chi connectivity index (χ4n) is 1.77. The van der Waals surface area contributed by atoms with Gasteiger partial charge in [0.1, 0.15) is 11.5 Å². The summed E-state index contributed by atoms with van der Waals surface area (Å²) in [6.07, 6.45) is 1.12. The molecule has 5 heteroatoms. The van der Waals surface area contributed by atoms with Gasteiger partial charge in [-0.15, -0.1) is 0 Å². The van der Waals surface area contributed by atoms with Gasteiger partial charge in [-0.25, -0.2) is 9.37 Å². The lowest BCUT2D eigenvalue weighted by Gasteiger charge is -2.03. The number of aromatic nitrogens is 2. The van der Waals surface area contributed by atoms with E-state index >= 15 is 0 Å². The first-order chi connectivity index (χ1) is 8.16. The topological polar surface area (TPSA) is 34.4 Å². The summed E-state index contributed by atoms with van der Waals surface area (Å²) in [5.41, 5.74) is 0.481. The smallest absolute Gasteiger partial charge is 0.265 e. The molecule has 3 rings (SSSR count). The van der Waals surface area contributed by atoms with Crippen molar-refractivity contribution in [3.05, 3.63) is 57.7 Å². The summed E-state index contributed by atoms with van der Waals surface area (Å²) in [4.78, 5) is 16.3. The SMILES string of the molecule is O=c1c2cccc(Cl)c2nc2ccc(F)cn12. The standard InChI is InChI=1S/C12H6ClFN2O/c13-9-3-1-2-8-11(9)15-10-5-4-7(14)6-16(10)12(8)17/h1-6H. The van der Waals surface area contributed by atoms with Gasteiger partial charge in [-0.05, 0) is 24.3 Å². The van der Waals surface area contributed by atoms with Crippen molar-refractivity contribution in [2.24, 2.45) is 0 Å². The minimum absolute atomic E-state index is 0.327. The summed E-state index contributed by atoms with van der Waals surface area (Å²) in [5, 5.41) is 0.784. The Morgan fingerprint density at radius 2 is 2.06 bits per heavy atom. The molecule has 0 saturated carbocycles. The number of halogens is 2. The predicted octanol–water partition coefficient (Wildman–Crippen LogP) is 2.64. The van der Waals surface area contributed by atoms with E-state index in [1.165, 1.54) is 16.5 Å². The summed E-state index contributed by atoms with van der Waals surface area (Å²) < 4.78 is 14.3. The zero-order valence-corrected chi connectivity index (χ0v) is 9.28. The number of hydrogen-bond donors (Lipinski definition) is 0. The molecule has 0 atom stereocenters. The van der Waals surface area contributed by atoms with Gasteiger partial charge in [-0.3, -0.25) is 9.20 Å². The molecule has 3 nitrogen and oxygen atoms in total. The average Bonchev–Trinajstić information content (AvgIpc) is 2.32. The first kappa shape index (κ1) is 10.2. The summed E-state index contributed by atoms with van der Waals surface area (Å²) in [6, 6.07) is 7.65. The molecule has 0 N–H and O–H groups in total. The Kier molecular flexibility index (Phi) is 2.12. The van der Waals surface area contributed by atoms with Crippen LogP contribution in [0.5, 0.6) is 0 Å². The monoisotopic (exact) mass is 248 g/mol. The maximum Gasteiger partial charge on any atom is 0.265 e. The summed E-state index contributed by atoms with van der Waals surface area (Å²) in [5.74, 6) is -0.484. The third-order valence-electron chi connectivity index (χ3n) is 2.55. The van der Waals surface area contributed by atoms with Crippen molar-refractivity contribution < 1.29 is 4.39 Å². The van der Waals surface area contributed by atoms with E-state index in [1.54, 1.807) is 18.2 Å². The molecule has 0 saturated heterocycles. The number of para-hydroxylation sites is 1. The summed E-state index contributed by atoms with van der Waals surface area (Å²) >= 11 is 5.98. The second-order valence-corrected chi connectivity index (χ2v) is 4.04. The summed E-state index contributed by atoms with van der Waals surface area (Å²) in [6.45, 7) is 0. The third-order valence-corrected chi connectivity index (χ3v) is 2.86. The maximum absolute atomic E-state index is 13.1. The van der Waals surface area contributed by atoms with Gasteiger partial charge in [0.15, 0.2) is 0 Å². The highest BCUT2D eigenvalue weighted by Crippen LogP contribution is 2.19.